The summed E-state index contributed by atoms with van der Waals surface area (Å²) in [5.41, 5.74) is 3.38. The van der Waals surface area contributed by atoms with Gasteiger partial charge in [-0.15, -0.1) is 0 Å². The first-order valence-corrected chi connectivity index (χ1v) is 7.90. The predicted octanol–water partition coefficient (Wildman–Crippen LogP) is 4.41. The summed E-state index contributed by atoms with van der Waals surface area (Å²) in [5.74, 6) is 0.443. The molecule has 1 fully saturated rings. The van der Waals surface area contributed by atoms with Crippen LogP contribution in [-0.2, 0) is 0 Å². The van der Waals surface area contributed by atoms with Gasteiger partial charge in [-0.2, -0.15) is 0 Å². The van der Waals surface area contributed by atoms with Crippen LogP contribution >= 0.6 is 0 Å². The van der Waals surface area contributed by atoms with Crippen LogP contribution in [0, 0.1) is 6.92 Å². The molecule has 22 heavy (non-hydrogen) atoms. The number of rotatable bonds is 2. The molecule has 3 heteroatoms. The summed E-state index contributed by atoms with van der Waals surface area (Å²) in [5, 5.41) is 3.00. The molecule has 3 nitrogen and oxygen atoms in total. The fourth-order valence-electron chi connectivity index (χ4n) is 3.00. The number of likely N-dealkylation sites (tertiary alicyclic amines) is 1. The second-order valence-electron chi connectivity index (χ2n) is 5.99. The summed E-state index contributed by atoms with van der Waals surface area (Å²) in [4.78, 5) is 14.4. The van der Waals surface area contributed by atoms with Crippen LogP contribution in [0.4, 0.5) is 10.5 Å². The number of nitrogens with zero attached hydrogens (tertiary/aromatic N) is 1. The number of benzene rings is 2. The molecular formula is C19H22N2O. The van der Waals surface area contributed by atoms with Gasteiger partial charge in [0.15, 0.2) is 0 Å². The zero-order valence-corrected chi connectivity index (χ0v) is 13.0. The number of amides is 2. The SMILES string of the molecule is Cc1ccc(NC(=O)N2CCC[C@@H](c3ccccc3)C2)cc1. The summed E-state index contributed by atoms with van der Waals surface area (Å²) in [6, 6.07) is 18.4. The molecule has 0 aromatic heterocycles. The van der Waals surface area contributed by atoms with Crippen molar-refractivity contribution in [3.05, 3.63) is 65.7 Å². The quantitative estimate of drug-likeness (QED) is 0.874. The first-order valence-electron chi connectivity index (χ1n) is 7.90. The lowest BCUT2D eigenvalue weighted by atomic mass is 9.91. The second-order valence-corrected chi connectivity index (χ2v) is 5.99. The normalized spacial score (nSPS) is 18.0. The average molecular weight is 294 g/mol. The molecule has 0 saturated carbocycles. The lowest BCUT2D eigenvalue weighted by Gasteiger charge is -2.33. The van der Waals surface area contributed by atoms with Crippen molar-refractivity contribution < 1.29 is 4.79 Å². The minimum absolute atomic E-state index is 0.00415. The van der Waals surface area contributed by atoms with Gasteiger partial charge in [-0.25, -0.2) is 4.79 Å². The van der Waals surface area contributed by atoms with E-state index in [4.69, 9.17) is 0 Å². The number of urea groups is 1. The summed E-state index contributed by atoms with van der Waals surface area (Å²) >= 11 is 0. The molecule has 1 aliphatic rings. The van der Waals surface area contributed by atoms with E-state index >= 15 is 0 Å². The fraction of sp³-hybridized carbons (Fsp3) is 0.316. The van der Waals surface area contributed by atoms with E-state index in [1.54, 1.807) is 0 Å². The zero-order valence-electron chi connectivity index (χ0n) is 13.0. The molecule has 0 aliphatic carbocycles. The Bertz CT molecular complexity index is 622. The first kappa shape index (κ1) is 14.6. The molecular weight excluding hydrogens is 272 g/mol. The molecule has 1 aliphatic heterocycles. The summed E-state index contributed by atoms with van der Waals surface area (Å²) in [6.07, 6.45) is 2.21. The predicted molar refractivity (Wildman–Crippen MR) is 90.2 cm³/mol. The largest absolute Gasteiger partial charge is 0.324 e. The van der Waals surface area contributed by atoms with Crippen molar-refractivity contribution in [1.82, 2.24) is 4.90 Å². The Balaban J connectivity index is 1.64. The van der Waals surface area contributed by atoms with E-state index in [1.807, 2.05) is 42.2 Å². The van der Waals surface area contributed by atoms with E-state index in [0.717, 1.165) is 31.6 Å². The number of anilines is 1. The van der Waals surface area contributed by atoms with Crippen molar-refractivity contribution in [3.63, 3.8) is 0 Å². The van der Waals surface area contributed by atoms with Gasteiger partial charge in [-0.1, -0.05) is 48.0 Å². The first-order chi connectivity index (χ1) is 10.7. The van der Waals surface area contributed by atoms with Crippen LogP contribution in [-0.4, -0.2) is 24.0 Å². The Hall–Kier alpha value is -2.29. The van der Waals surface area contributed by atoms with Crippen molar-refractivity contribution >= 4 is 11.7 Å². The number of carbonyl (C=O) groups is 1. The van der Waals surface area contributed by atoms with Crippen LogP contribution in [0.1, 0.15) is 29.9 Å². The number of piperidine rings is 1. The van der Waals surface area contributed by atoms with Crippen molar-refractivity contribution in [2.24, 2.45) is 0 Å². The van der Waals surface area contributed by atoms with Crippen molar-refractivity contribution in [2.45, 2.75) is 25.7 Å². The monoisotopic (exact) mass is 294 g/mol. The third-order valence-electron chi connectivity index (χ3n) is 4.28. The highest BCUT2D eigenvalue weighted by molar-refractivity contribution is 5.89. The smallest absolute Gasteiger partial charge is 0.321 e. The Labute approximate surface area is 132 Å². The highest BCUT2D eigenvalue weighted by Gasteiger charge is 2.24. The van der Waals surface area contributed by atoms with Gasteiger partial charge in [0.1, 0.15) is 0 Å². The highest BCUT2D eigenvalue weighted by atomic mass is 16.2. The lowest BCUT2D eigenvalue weighted by molar-refractivity contribution is 0.193. The maximum absolute atomic E-state index is 12.4. The number of nitrogens with one attached hydrogen (secondary N) is 1. The van der Waals surface area contributed by atoms with Crippen LogP contribution < -0.4 is 5.32 Å². The van der Waals surface area contributed by atoms with Gasteiger partial charge < -0.3 is 10.2 Å². The number of carbonyl (C=O) groups excluding carboxylic acids is 1. The lowest BCUT2D eigenvalue weighted by Crippen LogP contribution is -2.41. The Morgan fingerprint density at radius 1 is 1.09 bits per heavy atom. The third-order valence-corrected chi connectivity index (χ3v) is 4.28. The van der Waals surface area contributed by atoms with E-state index in [0.29, 0.717) is 5.92 Å². The number of hydrogen-bond acceptors (Lipinski definition) is 1. The van der Waals surface area contributed by atoms with Gasteiger partial charge in [0.05, 0.1) is 0 Å². The molecule has 2 aromatic rings. The topological polar surface area (TPSA) is 32.3 Å². The summed E-state index contributed by atoms with van der Waals surface area (Å²) in [6.45, 7) is 3.67. The van der Waals surface area contributed by atoms with Crippen LogP contribution in [0.5, 0.6) is 0 Å². The van der Waals surface area contributed by atoms with Gasteiger partial charge in [0.2, 0.25) is 0 Å². The molecule has 3 rings (SSSR count). The Morgan fingerprint density at radius 2 is 1.82 bits per heavy atom. The summed E-state index contributed by atoms with van der Waals surface area (Å²) in [7, 11) is 0. The Kier molecular flexibility index (Phi) is 4.42. The van der Waals surface area contributed by atoms with Crippen LogP contribution in [0.15, 0.2) is 54.6 Å². The highest BCUT2D eigenvalue weighted by Crippen LogP contribution is 2.27. The van der Waals surface area contributed by atoms with E-state index < -0.39 is 0 Å². The minimum Gasteiger partial charge on any atom is -0.324 e. The van der Waals surface area contributed by atoms with E-state index in [9.17, 15) is 4.79 Å². The molecule has 114 valence electrons. The minimum atomic E-state index is 0.00415. The fourth-order valence-corrected chi connectivity index (χ4v) is 3.00. The molecule has 0 spiro atoms. The van der Waals surface area contributed by atoms with Crippen molar-refractivity contribution in [2.75, 3.05) is 18.4 Å². The maximum Gasteiger partial charge on any atom is 0.321 e. The van der Waals surface area contributed by atoms with E-state index in [2.05, 4.69) is 29.6 Å². The zero-order chi connectivity index (χ0) is 15.4. The molecule has 0 bridgehead atoms. The van der Waals surface area contributed by atoms with Gasteiger partial charge in [0.25, 0.3) is 0 Å². The molecule has 0 unspecified atom stereocenters. The van der Waals surface area contributed by atoms with Crippen LogP contribution in [0.25, 0.3) is 0 Å². The molecule has 0 radical (unpaired) electrons. The summed E-state index contributed by atoms with van der Waals surface area (Å²) < 4.78 is 0. The molecule has 1 heterocycles. The van der Waals surface area contributed by atoms with Crippen molar-refractivity contribution in [3.8, 4) is 0 Å². The Morgan fingerprint density at radius 3 is 2.55 bits per heavy atom. The molecule has 1 atom stereocenters. The number of aryl methyl sites for hydroxylation is 1. The molecule has 2 amide bonds. The van der Waals surface area contributed by atoms with E-state index in [1.165, 1.54) is 11.1 Å². The van der Waals surface area contributed by atoms with Crippen molar-refractivity contribution in [1.29, 1.82) is 0 Å². The standard InChI is InChI=1S/C19H22N2O/c1-15-9-11-18(12-10-15)20-19(22)21-13-5-8-17(14-21)16-6-3-2-4-7-16/h2-4,6-7,9-12,17H,5,8,13-14H2,1H3,(H,20,22)/t17-/m1/s1. The molecule has 1 N–H and O–H groups in total. The second kappa shape index (κ2) is 6.65. The number of hydrogen-bond donors (Lipinski definition) is 1. The van der Waals surface area contributed by atoms with Gasteiger partial charge in [0, 0.05) is 24.7 Å². The molecule has 2 aromatic carbocycles. The third kappa shape index (κ3) is 3.48. The van der Waals surface area contributed by atoms with Gasteiger partial charge in [-0.3, -0.25) is 0 Å². The maximum atomic E-state index is 12.4. The van der Waals surface area contributed by atoms with Gasteiger partial charge in [-0.05, 0) is 37.5 Å². The average Bonchev–Trinajstić information content (AvgIpc) is 2.58. The van der Waals surface area contributed by atoms with Crippen LogP contribution in [0.3, 0.4) is 0 Å². The van der Waals surface area contributed by atoms with E-state index in [-0.39, 0.29) is 6.03 Å². The van der Waals surface area contributed by atoms with Gasteiger partial charge >= 0.3 is 6.03 Å². The molecule has 1 saturated heterocycles. The van der Waals surface area contributed by atoms with Crippen LogP contribution in [0.2, 0.25) is 0 Å².